The van der Waals surface area contributed by atoms with E-state index in [0.717, 1.165) is 51.4 Å². The van der Waals surface area contributed by atoms with E-state index in [9.17, 15) is 14.7 Å². The largest absolute Gasteiger partial charge is 0.462 e. The number of aliphatic hydroxyl groups excluding tert-OH is 1. The van der Waals surface area contributed by atoms with Gasteiger partial charge in [0.15, 0.2) is 6.10 Å². The topological polar surface area (TPSA) is 72.8 Å². The molecule has 0 aromatic rings. The fraction of sp³-hybridized carbons (Fsp3) is 0.842. The van der Waals surface area contributed by atoms with E-state index >= 15 is 0 Å². The molecule has 0 saturated carbocycles. The second kappa shape index (κ2) is 34.9. The van der Waals surface area contributed by atoms with Gasteiger partial charge < -0.3 is 14.6 Å². The first kappa shape index (κ1) is 41.4. The molecule has 5 heteroatoms. The lowest BCUT2D eigenvalue weighted by Crippen LogP contribution is -2.28. The van der Waals surface area contributed by atoms with Crippen molar-refractivity contribution in [2.45, 2.75) is 193 Å². The number of hydrogen-bond acceptors (Lipinski definition) is 5. The van der Waals surface area contributed by atoms with Crippen molar-refractivity contribution in [1.29, 1.82) is 0 Å². The van der Waals surface area contributed by atoms with Crippen LogP contribution in [0.3, 0.4) is 0 Å². The molecule has 0 radical (unpaired) electrons. The summed E-state index contributed by atoms with van der Waals surface area (Å²) >= 11 is 0. The standard InChI is InChI=1S/C38H70O5/c1-3-5-7-9-11-13-15-17-18-19-21-22-24-26-28-30-32-37(40)42-35-36(34-39)43-38(41)33-31-29-27-25-23-20-16-14-12-10-8-6-4-2/h14,16,18-19,36,39H,3-13,15,17,20-35H2,1-2H3/b16-14-,19-18-/t36-/m0/s1. The van der Waals surface area contributed by atoms with Crippen molar-refractivity contribution < 1.29 is 24.2 Å². The number of allylic oxidation sites excluding steroid dienone is 4. The summed E-state index contributed by atoms with van der Waals surface area (Å²) in [6, 6.07) is 0. The molecule has 0 aromatic heterocycles. The lowest BCUT2D eigenvalue weighted by molar-refractivity contribution is -0.161. The van der Waals surface area contributed by atoms with E-state index < -0.39 is 6.10 Å². The first-order valence-corrected chi connectivity index (χ1v) is 18.4. The highest BCUT2D eigenvalue weighted by Gasteiger charge is 2.16. The monoisotopic (exact) mass is 607 g/mol. The third-order valence-corrected chi connectivity index (χ3v) is 7.97. The van der Waals surface area contributed by atoms with Gasteiger partial charge in [0.25, 0.3) is 0 Å². The number of unbranched alkanes of at least 4 members (excludes halogenated alkanes) is 21. The molecule has 0 aliphatic carbocycles. The van der Waals surface area contributed by atoms with E-state index in [-0.39, 0.29) is 25.2 Å². The number of ether oxygens (including phenoxy) is 2. The maximum Gasteiger partial charge on any atom is 0.306 e. The van der Waals surface area contributed by atoms with E-state index in [4.69, 9.17) is 9.47 Å². The molecule has 1 atom stereocenters. The van der Waals surface area contributed by atoms with Crippen LogP contribution >= 0.6 is 0 Å². The van der Waals surface area contributed by atoms with Crippen LogP contribution < -0.4 is 0 Å². The van der Waals surface area contributed by atoms with Gasteiger partial charge in [-0.05, 0) is 64.2 Å². The third-order valence-electron chi connectivity index (χ3n) is 7.97. The molecule has 0 fully saturated rings. The molecule has 0 heterocycles. The molecule has 5 nitrogen and oxygen atoms in total. The first-order chi connectivity index (χ1) is 21.1. The Morgan fingerprint density at radius 3 is 1.28 bits per heavy atom. The zero-order valence-corrected chi connectivity index (χ0v) is 28.5. The van der Waals surface area contributed by atoms with Gasteiger partial charge in [-0.1, -0.05) is 134 Å². The van der Waals surface area contributed by atoms with Crippen molar-refractivity contribution in [2.75, 3.05) is 13.2 Å². The van der Waals surface area contributed by atoms with Crippen LogP contribution in [0, 0.1) is 0 Å². The molecule has 0 amide bonds. The van der Waals surface area contributed by atoms with Gasteiger partial charge in [-0.25, -0.2) is 0 Å². The van der Waals surface area contributed by atoms with E-state index in [0.29, 0.717) is 12.8 Å². The minimum atomic E-state index is -0.774. The van der Waals surface area contributed by atoms with Crippen molar-refractivity contribution in [3.8, 4) is 0 Å². The number of aliphatic hydroxyl groups is 1. The fourth-order valence-corrected chi connectivity index (χ4v) is 5.13. The van der Waals surface area contributed by atoms with Gasteiger partial charge >= 0.3 is 11.9 Å². The maximum atomic E-state index is 12.1. The predicted octanol–water partition coefficient (Wildman–Crippen LogP) is 11.1. The summed E-state index contributed by atoms with van der Waals surface area (Å²) in [5.74, 6) is -0.608. The summed E-state index contributed by atoms with van der Waals surface area (Å²) in [5, 5.41) is 9.52. The molecule has 0 aliphatic rings. The normalized spacial score (nSPS) is 12.3. The van der Waals surface area contributed by atoms with Crippen LogP contribution in [0.25, 0.3) is 0 Å². The number of esters is 2. The number of hydrogen-bond donors (Lipinski definition) is 1. The summed E-state index contributed by atoms with van der Waals surface area (Å²) in [4.78, 5) is 24.2. The molecule has 0 bridgehead atoms. The van der Waals surface area contributed by atoms with Crippen LogP contribution in [0.2, 0.25) is 0 Å². The Morgan fingerprint density at radius 2 is 0.860 bits per heavy atom. The number of rotatable bonds is 33. The minimum absolute atomic E-state index is 0.0710. The van der Waals surface area contributed by atoms with Gasteiger partial charge in [0, 0.05) is 12.8 Å². The maximum absolute atomic E-state index is 12.1. The molecule has 43 heavy (non-hydrogen) atoms. The Hall–Kier alpha value is -1.62. The van der Waals surface area contributed by atoms with Gasteiger partial charge in [-0.15, -0.1) is 0 Å². The van der Waals surface area contributed by atoms with E-state index in [2.05, 4.69) is 38.2 Å². The Kier molecular flexibility index (Phi) is 33.6. The van der Waals surface area contributed by atoms with Gasteiger partial charge in [0.2, 0.25) is 0 Å². The average Bonchev–Trinajstić information content (AvgIpc) is 3.01. The van der Waals surface area contributed by atoms with E-state index in [1.54, 1.807) is 0 Å². The summed E-state index contributed by atoms with van der Waals surface area (Å²) < 4.78 is 10.6. The molecule has 0 spiro atoms. The van der Waals surface area contributed by atoms with Crippen LogP contribution in [0.4, 0.5) is 0 Å². The van der Waals surface area contributed by atoms with Gasteiger partial charge in [-0.2, -0.15) is 0 Å². The van der Waals surface area contributed by atoms with Crippen molar-refractivity contribution in [3.63, 3.8) is 0 Å². The summed E-state index contributed by atoms with van der Waals surface area (Å²) in [6.45, 7) is 4.10. The van der Waals surface area contributed by atoms with Crippen LogP contribution in [0.1, 0.15) is 187 Å². The third kappa shape index (κ3) is 33.1. The Balaban J connectivity index is 3.58. The van der Waals surface area contributed by atoms with Crippen LogP contribution in [0.5, 0.6) is 0 Å². The van der Waals surface area contributed by atoms with Crippen LogP contribution in [-0.4, -0.2) is 36.4 Å². The Morgan fingerprint density at radius 1 is 0.512 bits per heavy atom. The number of carbonyl (C=O) groups is 2. The first-order valence-electron chi connectivity index (χ1n) is 18.4. The zero-order chi connectivity index (χ0) is 31.5. The fourth-order valence-electron chi connectivity index (χ4n) is 5.13. The average molecular weight is 607 g/mol. The second-order valence-electron chi connectivity index (χ2n) is 12.3. The predicted molar refractivity (Wildman–Crippen MR) is 182 cm³/mol. The molecule has 0 aromatic carbocycles. The summed E-state index contributed by atoms with van der Waals surface area (Å²) in [7, 11) is 0. The van der Waals surface area contributed by atoms with Crippen molar-refractivity contribution in [3.05, 3.63) is 24.3 Å². The quantitative estimate of drug-likeness (QED) is 0.0457. The highest BCUT2D eigenvalue weighted by molar-refractivity contribution is 5.70. The van der Waals surface area contributed by atoms with Crippen LogP contribution in [0.15, 0.2) is 24.3 Å². The lowest BCUT2D eigenvalue weighted by Gasteiger charge is -2.15. The molecule has 0 saturated heterocycles. The molecular formula is C38H70O5. The zero-order valence-electron chi connectivity index (χ0n) is 28.5. The lowest BCUT2D eigenvalue weighted by atomic mass is 10.1. The van der Waals surface area contributed by atoms with Gasteiger partial charge in [-0.3, -0.25) is 9.59 Å². The summed E-state index contributed by atoms with van der Waals surface area (Å²) in [5.41, 5.74) is 0. The number of carbonyl (C=O) groups excluding carboxylic acids is 2. The second-order valence-corrected chi connectivity index (χ2v) is 12.3. The van der Waals surface area contributed by atoms with Gasteiger partial charge in [0.1, 0.15) is 6.61 Å². The van der Waals surface area contributed by atoms with Crippen molar-refractivity contribution in [2.24, 2.45) is 0 Å². The van der Waals surface area contributed by atoms with Crippen molar-refractivity contribution in [1.82, 2.24) is 0 Å². The highest BCUT2D eigenvalue weighted by atomic mass is 16.6. The SMILES string of the molecule is CCCCCC/C=C\CCCCCCCC(=O)O[C@@H](CO)COC(=O)CCCCCCC/C=C\CCCCCCCCC. The Labute approximate surface area is 266 Å². The molecule has 0 aliphatic heterocycles. The van der Waals surface area contributed by atoms with E-state index in [1.807, 2.05) is 0 Å². The molecule has 0 rings (SSSR count). The Bertz CT molecular complexity index is 657. The summed E-state index contributed by atoms with van der Waals surface area (Å²) in [6.07, 6.45) is 39.4. The molecule has 0 unspecified atom stereocenters. The van der Waals surface area contributed by atoms with Crippen LogP contribution in [-0.2, 0) is 19.1 Å². The van der Waals surface area contributed by atoms with E-state index in [1.165, 1.54) is 109 Å². The highest BCUT2D eigenvalue weighted by Crippen LogP contribution is 2.12. The van der Waals surface area contributed by atoms with Crippen molar-refractivity contribution >= 4 is 11.9 Å². The molecule has 252 valence electrons. The molecule has 1 N–H and O–H groups in total. The smallest absolute Gasteiger partial charge is 0.306 e. The minimum Gasteiger partial charge on any atom is -0.462 e. The van der Waals surface area contributed by atoms with Gasteiger partial charge in [0.05, 0.1) is 6.61 Å². The molecular weight excluding hydrogens is 536 g/mol.